The summed E-state index contributed by atoms with van der Waals surface area (Å²) in [5.74, 6) is -0.721. The van der Waals surface area contributed by atoms with Crippen LogP contribution >= 0.6 is 0 Å². The lowest BCUT2D eigenvalue weighted by atomic mass is 10.1. The number of hydrogen-bond acceptors (Lipinski definition) is 3. The van der Waals surface area contributed by atoms with Crippen LogP contribution in [0.15, 0.2) is 0 Å². The molecule has 5 heteroatoms. The van der Waals surface area contributed by atoms with Gasteiger partial charge in [-0.2, -0.15) is 0 Å². The van der Waals surface area contributed by atoms with Gasteiger partial charge in [-0.15, -0.1) is 0 Å². The summed E-state index contributed by atoms with van der Waals surface area (Å²) in [5, 5.41) is 8.48. The van der Waals surface area contributed by atoms with Crippen molar-refractivity contribution in [1.82, 2.24) is 4.90 Å². The molecule has 0 aromatic heterocycles. The van der Waals surface area contributed by atoms with Crippen LogP contribution in [0.5, 0.6) is 0 Å². The van der Waals surface area contributed by atoms with Crippen molar-refractivity contribution in [3.8, 4) is 0 Å². The molecule has 2 atom stereocenters. The van der Waals surface area contributed by atoms with Crippen LogP contribution in [0, 0.1) is 0 Å². The summed E-state index contributed by atoms with van der Waals surface area (Å²) in [6, 6.07) is 0.168. The van der Waals surface area contributed by atoms with E-state index in [1.165, 1.54) is 0 Å². The van der Waals surface area contributed by atoms with Crippen molar-refractivity contribution in [3.63, 3.8) is 0 Å². The van der Waals surface area contributed by atoms with Gasteiger partial charge in [0.2, 0.25) is 5.91 Å². The van der Waals surface area contributed by atoms with Gasteiger partial charge in [-0.05, 0) is 26.2 Å². The predicted octanol–water partition coefficient (Wildman–Crippen LogP) is 1.27. The zero-order chi connectivity index (χ0) is 12.8. The lowest BCUT2D eigenvalue weighted by Crippen LogP contribution is -2.40. The van der Waals surface area contributed by atoms with Gasteiger partial charge in [0.15, 0.2) is 0 Å². The summed E-state index contributed by atoms with van der Waals surface area (Å²) in [4.78, 5) is 23.9. The van der Waals surface area contributed by atoms with Crippen molar-refractivity contribution in [3.05, 3.63) is 0 Å². The van der Waals surface area contributed by atoms with Crippen LogP contribution in [0.25, 0.3) is 0 Å². The van der Waals surface area contributed by atoms with Crippen LogP contribution in [0.4, 0.5) is 0 Å². The Morgan fingerprint density at radius 1 is 1.35 bits per heavy atom. The first kappa shape index (κ1) is 14.0. The standard InChI is InChI=1S/C12H21NO4/c1-9-10(7-8-17-9)13(2)11(14)5-3-4-6-12(15)16/h9-10H,3-8H2,1-2H3,(H,15,16). The quantitative estimate of drug-likeness (QED) is 0.713. The van der Waals surface area contributed by atoms with Crippen LogP contribution in [-0.2, 0) is 14.3 Å². The molecule has 1 saturated heterocycles. The van der Waals surface area contributed by atoms with Gasteiger partial charge >= 0.3 is 5.97 Å². The normalized spacial score (nSPS) is 23.6. The second kappa shape index (κ2) is 6.59. The van der Waals surface area contributed by atoms with E-state index in [4.69, 9.17) is 9.84 Å². The maximum absolute atomic E-state index is 11.8. The van der Waals surface area contributed by atoms with E-state index in [0.29, 0.717) is 25.9 Å². The number of unbranched alkanes of at least 4 members (excludes halogenated alkanes) is 1. The van der Waals surface area contributed by atoms with Crippen molar-refractivity contribution in [2.24, 2.45) is 0 Å². The number of ether oxygens (including phenoxy) is 1. The average molecular weight is 243 g/mol. The van der Waals surface area contributed by atoms with E-state index >= 15 is 0 Å². The number of carboxylic acid groups (broad SMARTS) is 1. The molecule has 0 spiro atoms. The molecular formula is C12H21NO4. The highest BCUT2D eigenvalue weighted by atomic mass is 16.5. The smallest absolute Gasteiger partial charge is 0.303 e. The van der Waals surface area contributed by atoms with Crippen LogP contribution in [0.3, 0.4) is 0 Å². The molecule has 0 saturated carbocycles. The Labute approximate surface area is 102 Å². The van der Waals surface area contributed by atoms with Gasteiger partial charge < -0.3 is 14.7 Å². The topological polar surface area (TPSA) is 66.8 Å². The molecule has 1 N–H and O–H groups in total. The van der Waals surface area contributed by atoms with Crippen LogP contribution in [0.2, 0.25) is 0 Å². The van der Waals surface area contributed by atoms with Gasteiger partial charge in [0, 0.05) is 26.5 Å². The van der Waals surface area contributed by atoms with E-state index in [-0.39, 0.29) is 24.5 Å². The number of carboxylic acids is 1. The fraction of sp³-hybridized carbons (Fsp3) is 0.833. The third-order valence-electron chi connectivity index (χ3n) is 3.26. The van der Waals surface area contributed by atoms with E-state index in [1.807, 2.05) is 6.92 Å². The minimum atomic E-state index is -0.802. The van der Waals surface area contributed by atoms with Crippen molar-refractivity contribution in [2.45, 2.75) is 51.2 Å². The molecule has 5 nitrogen and oxygen atoms in total. The molecule has 1 aliphatic heterocycles. The first-order valence-corrected chi connectivity index (χ1v) is 6.11. The number of nitrogens with zero attached hydrogens (tertiary/aromatic N) is 1. The summed E-state index contributed by atoms with van der Waals surface area (Å²) < 4.78 is 5.42. The molecule has 0 aromatic carbocycles. The lowest BCUT2D eigenvalue weighted by molar-refractivity contribution is -0.137. The molecule has 17 heavy (non-hydrogen) atoms. The molecule has 0 radical (unpaired) electrons. The molecule has 0 bridgehead atoms. The van der Waals surface area contributed by atoms with Gasteiger partial charge in [0.1, 0.15) is 0 Å². The maximum Gasteiger partial charge on any atom is 0.303 e. The number of carbonyl (C=O) groups excluding carboxylic acids is 1. The second-order valence-corrected chi connectivity index (χ2v) is 4.54. The average Bonchev–Trinajstić information content (AvgIpc) is 2.69. The largest absolute Gasteiger partial charge is 0.481 e. The summed E-state index contributed by atoms with van der Waals surface area (Å²) in [7, 11) is 1.80. The number of likely N-dealkylation sites (N-methyl/N-ethyl adjacent to an activating group) is 1. The Hall–Kier alpha value is -1.10. The second-order valence-electron chi connectivity index (χ2n) is 4.54. The van der Waals surface area contributed by atoms with E-state index in [2.05, 4.69) is 0 Å². The Morgan fingerprint density at radius 3 is 2.53 bits per heavy atom. The molecular weight excluding hydrogens is 222 g/mol. The zero-order valence-corrected chi connectivity index (χ0v) is 10.5. The fourth-order valence-corrected chi connectivity index (χ4v) is 2.14. The fourth-order valence-electron chi connectivity index (χ4n) is 2.14. The highest BCUT2D eigenvalue weighted by Crippen LogP contribution is 2.19. The third kappa shape index (κ3) is 4.34. The monoisotopic (exact) mass is 243 g/mol. The molecule has 0 aliphatic carbocycles. The van der Waals surface area contributed by atoms with Crippen molar-refractivity contribution < 1.29 is 19.4 Å². The zero-order valence-electron chi connectivity index (χ0n) is 10.5. The Morgan fingerprint density at radius 2 is 2.00 bits per heavy atom. The maximum atomic E-state index is 11.8. The molecule has 1 aliphatic rings. The Balaban J connectivity index is 2.24. The van der Waals surface area contributed by atoms with Gasteiger partial charge in [-0.25, -0.2) is 0 Å². The Bertz CT molecular complexity index is 280. The molecule has 98 valence electrons. The minimum Gasteiger partial charge on any atom is -0.481 e. The third-order valence-corrected chi connectivity index (χ3v) is 3.26. The number of hydrogen-bond donors (Lipinski definition) is 1. The van der Waals surface area contributed by atoms with Crippen molar-refractivity contribution >= 4 is 11.9 Å². The molecule has 1 amide bonds. The molecule has 1 rings (SSSR count). The summed E-state index contributed by atoms with van der Waals surface area (Å²) in [6.07, 6.45) is 2.75. The predicted molar refractivity (Wildman–Crippen MR) is 62.7 cm³/mol. The number of rotatable bonds is 6. The van der Waals surface area contributed by atoms with Crippen LogP contribution < -0.4 is 0 Å². The molecule has 1 heterocycles. The SMILES string of the molecule is CC1OCCC1N(C)C(=O)CCCCC(=O)O. The molecule has 0 aromatic rings. The highest BCUT2D eigenvalue weighted by molar-refractivity contribution is 5.76. The van der Waals surface area contributed by atoms with E-state index in [9.17, 15) is 9.59 Å². The van der Waals surface area contributed by atoms with E-state index in [1.54, 1.807) is 11.9 Å². The molecule has 1 fully saturated rings. The molecule has 2 unspecified atom stereocenters. The first-order chi connectivity index (χ1) is 8.02. The highest BCUT2D eigenvalue weighted by Gasteiger charge is 2.30. The van der Waals surface area contributed by atoms with Crippen LogP contribution in [0.1, 0.15) is 39.0 Å². The lowest BCUT2D eigenvalue weighted by Gasteiger charge is -2.26. The van der Waals surface area contributed by atoms with Gasteiger partial charge in [0.25, 0.3) is 0 Å². The van der Waals surface area contributed by atoms with Crippen molar-refractivity contribution in [1.29, 1.82) is 0 Å². The number of amides is 1. The van der Waals surface area contributed by atoms with E-state index in [0.717, 1.165) is 6.42 Å². The van der Waals surface area contributed by atoms with E-state index < -0.39 is 5.97 Å². The first-order valence-electron chi connectivity index (χ1n) is 6.11. The van der Waals surface area contributed by atoms with Gasteiger partial charge in [-0.1, -0.05) is 0 Å². The summed E-state index contributed by atoms with van der Waals surface area (Å²) in [5.41, 5.74) is 0. The number of carbonyl (C=O) groups is 2. The summed E-state index contributed by atoms with van der Waals surface area (Å²) in [6.45, 7) is 2.69. The minimum absolute atomic E-state index is 0.0812. The van der Waals surface area contributed by atoms with Crippen LogP contribution in [-0.4, -0.2) is 47.7 Å². The van der Waals surface area contributed by atoms with Crippen molar-refractivity contribution in [2.75, 3.05) is 13.7 Å². The van der Waals surface area contributed by atoms with Gasteiger partial charge in [-0.3, -0.25) is 9.59 Å². The Kier molecular flexibility index (Phi) is 5.41. The van der Waals surface area contributed by atoms with Gasteiger partial charge in [0.05, 0.1) is 12.1 Å². The number of aliphatic carboxylic acids is 1. The summed E-state index contributed by atoms with van der Waals surface area (Å²) >= 11 is 0.